The average Bonchev–Trinajstić information content (AvgIpc) is 3.68. The van der Waals surface area contributed by atoms with Crippen molar-refractivity contribution in [3.05, 3.63) is 84.3 Å². The SMILES string of the molecule is CC(C)(C)OC(=O)NC1(c2ccc(-n3c(-c4cccnc4N)nc4ccc(-c5cccc(N6CCC(N7CCCS7(=O)=O)CC6)c5F)nc43)cc2)CCC1. The number of pyridine rings is 2. The summed E-state index contributed by atoms with van der Waals surface area (Å²) in [4.78, 5) is 29.1. The molecule has 5 heterocycles. The van der Waals surface area contributed by atoms with Crippen LogP contribution in [0.1, 0.15) is 64.9 Å². The molecule has 1 aliphatic carbocycles. The van der Waals surface area contributed by atoms with Crippen LogP contribution in [0, 0.1) is 5.82 Å². The second kappa shape index (κ2) is 13.6. The van der Waals surface area contributed by atoms with E-state index in [1.807, 2.05) is 72.7 Å². The number of hydrogen-bond acceptors (Lipinski definition) is 9. The number of alkyl carbamates (subject to hydrolysis) is 1. The van der Waals surface area contributed by atoms with Crippen molar-refractivity contribution in [3.8, 4) is 28.3 Å². The number of sulfonamides is 1. The number of fused-ring (bicyclic) bond motifs is 1. The molecular formula is C40H45FN8O4S. The minimum atomic E-state index is -3.20. The van der Waals surface area contributed by atoms with Gasteiger partial charge in [0.25, 0.3) is 0 Å². The Bertz CT molecular complexity index is 2330. The summed E-state index contributed by atoms with van der Waals surface area (Å²) < 4.78 is 50.7. The van der Waals surface area contributed by atoms with E-state index in [9.17, 15) is 13.2 Å². The Morgan fingerprint density at radius 3 is 2.33 bits per heavy atom. The summed E-state index contributed by atoms with van der Waals surface area (Å²) in [7, 11) is -3.20. The van der Waals surface area contributed by atoms with Crippen molar-refractivity contribution >= 4 is 38.8 Å². The number of carbonyl (C=O) groups excluding carboxylic acids is 1. The van der Waals surface area contributed by atoms with E-state index in [1.54, 1.807) is 34.8 Å². The van der Waals surface area contributed by atoms with E-state index in [1.165, 1.54) is 0 Å². The highest BCUT2D eigenvalue weighted by Crippen LogP contribution is 2.42. The zero-order chi connectivity index (χ0) is 37.8. The molecule has 3 fully saturated rings. The Kier molecular flexibility index (Phi) is 9.08. The number of benzene rings is 2. The number of halogens is 1. The first kappa shape index (κ1) is 35.9. The number of anilines is 2. The third-order valence-electron chi connectivity index (χ3n) is 10.8. The van der Waals surface area contributed by atoms with Crippen molar-refractivity contribution in [2.45, 2.75) is 76.5 Å². The van der Waals surface area contributed by atoms with E-state index < -0.39 is 27.3 Å². The predicted molar refractivity (Wildman–Crippen MR) is 207 cm³/mol. The molecular weight excluding hydrogens is 708 g/mol. The fraction of sp³-hybridized carbons (Fsp3) is 0.400. The van der Waals surface area contributed by atoms with Gasteiger partial charge in [-0.05, 0) is 113 Å². The molecule has 8 rings (SSSR count). The van der Waals surface area contributed by atoms with Gasteiger partial charge in [0.05, 0.1) is 28.2 Å². The largest absolute Gasteiger partial charge is 0.444 e. The molecule has 0 bridgehead atoms. The third kappa shape index (κ3) is 6.66. The van der Waals surface area contributed by atoms with Crippen LogP contribution in [0.25, 0.3) is 39.5 Å². The highest BCUT2D eigenvalue weighted by Gasteiger charge is 2.41. The lowest BCUT2D eigenvalue weighted by Crippen LogP contribution is -2.52. The van der Waals surface area contributed by atoms with E-state index >= 15 is 4.39 Å². The number of rotatable bonds is 7. The first-order valence-corrected chi connectivity index (χ1v) is 20.2. The van der Waals surface area contributed by atoms with Crippen molar-refractivity contribution in [3.63, 3.8) is 0 Å². The second-order valence-corrected chi connectivity index (χ2v) is 17.5. The summed E-state index contributed by atoms with van der Waals surface area (Å²) in [6, 6.07) is 20.5. The van der Waals surface area contributed by atoms with Crippen molar-refractivity contribution in [1.82, 2.24) is 29.1 Å². The Morgan fingerprint density at radius 1 is 0.944 bits per heavy atom. The Balaban J connectivity index is 1.14. The molecule has 54 heavy (non-hydrogen) atoms. The van der Waals surface area contributed by atoms with Crippen LogP contribution in [-0.4, -0.2) is 75.4 Å². The number of piperidine rings is 1. The van der Waals surface area contributed by atoms with E-state index in [-0.39, 0.29) is 17.6 Å². The van der Waals surface area contributed by atoms with E-state index in [0.717, 1.165) is 30.5 Å². The average molecular weight is 753 g/mol. The number of ether oxygens (including phenoxy) is 1. The lowest BCUT2D eigenvalue weighted by Gasteiger charge is -2.43. The maximum absolute atomic E-state index is 16.5. The molecule has 2 aliphatic heterocycles. The summed E-state index contributed by atoms with van der Waals surface area (Å²) in [6.45, 7) is 7.20. The number of carbonyl (C=O) groups is 1. The molecule has 12 nitrogen and oxygen atoms in total. The molecule has 0 spiro atoms. The molecule has 3 aromatic heterocycles. The van der Waals surface area contributed by atoms with Crippen molar-refractivity contribution in [2.24, 2.45) is 0 Å². The molecule has 282 valence electrons. The quantitative estimate of drug-likeness (QED) is 0.184. The summed E-state index contributed by atoms with van der Waals surface area (Å²) in [5.74, 6) is 0.671. The summed E-state index contributed by atoms with van der Waals surface area (Å²) in [5, 5.41) is 3.13. The van der Waals surface area contributed by atoms with Crippen LogP contribution in [0.3, 0.4) is 0 Å². The Labute approximate surface area is 314 Å². The van der Waals surface area contributed by atoms with Gasteiger partial charge < -0.3 is 20.7 Å². The molecule has 5 aromatic rings. The molecule has 14 heteroatoms. The minimum absolute atomic E-state index is 0.0537. The highest BCUT2D eigenvalue weighted by molar-refractivity contribution is 7.89. The monoisotopic (exact) mass is 752 g/mol. The number of nitrogens with zero attached hydrogens (tertiary/aromatic N) is 6. The number of amides is 1. The summed E-state index contributed by atoms with van der Waals surface area (Å²) >= 11 is 0. The fourth-order valence-electron chi connectivity index (χ4n) is 8.01. The zero-order valence-corrected chi connectivity index (χ0v) is 31.6. The number of nitrogen functional groups attached to an aromatic ring is 1. The maximum Gasteiger partial charge on any atom is 0.408 e. The van der Waals surface area contributed by atoms with Gasteiger partial charge in [-0.25, -0.2) is 32.6 Å². The third-order valence-corrected chi connectivity index (χ3v) is 12.8. The highest BCUT2D eigenvalue weighted by atomic mass is 32.2. The molecule has 3 N–H and O–H groups in total. The summed E-state index contributed by atoms with van der Waals surface area (Å²) in [5.41, 5.74) is 9.97. The van der Waals surface area contributed by atoms with E-state index in [2.05, 4.69) is 10.3 Å². The molecule has 2 aromatic carbocycles. The minimum Gasteiger partial charge on any atom is -0.444 e. The van der Waals surface area contributed by atoms with Crippen LogP contribution in [-0.2, 0) is 20.3 Å². The lowest BCUT2D eigenvalue weighted by molar-refractivity contribution is 0.0377. The van der Waals surface area contributed by atoms with Gasteiger partial charge in [0.15, 0.2) is 17.3 Å². The topological polar surface area (TPSA) is 149 Å². The molecule has 3 aliphatic rings. The van der Waals surface area contributed by atoms with Crippen LogP contribution in [0.15, 0.2) is 72.9 Å². The molecule has 1 saturated carbocycles. The standard InChI is InChI=1S/C40H45FN8O4S/c1-39(2,3)53-38(50)46-40(19-6-20-40)26-11-13-28(14-12-26)49-36(30-9-5-21-43-35(30)42)45-32-16-15-31(44-37(32)49)29-8-4-10-33(34(29)41)47-23-17-27(18-24-47)48-22-7-25-54(48,51)52/h4-5,8-16,21,27H,6-7,17-20,22-25H2,1-3H3,(H2,42,43)(H,46,50). The van der Waals surface area contributed by atoms with E-state index in [4.69, 9.17) is 20.4 Å². The van der Waals surface area contributed by atoms with Crippen molar-refractivity contribution in [1.29, 1.82) is 0 Å². The molecule has 2 saturated heterocycles. The number of nitrogens with one attached hydrogen (secondary N) is 1. The smallest absolute Gasteiger partial charge is 0.408 e. The maximum atomic E-state index is 16.5. The van der Waals surface area contributed by atoms with Crippen LogP contribution >= 0.6 is 0 Å². The van der Waals surface area contributed by atoms with Gasteiger partial charge in [-0.15, -0.1) is 0 Å². The van der Waals surface area contributed by atoms with Crippen LogP contribution < -0.4 is 16.0 Å². The van der Waals surface area contributed by atoms with Crippen molar-refractivity contribution < 1.29 is 22.3 Å². The Morgan fingerprint density at radius 2 is 1.69 bits per heavy atom. The van der Waals surface area contributed by atoms with Crippen LogP contribution in [0.5, 0.6) is 0 Å². The number of imidazole rings is 1. The Hall–Kier alpha value is -5.08. The first-order valence-electron chi connectivity index (χ1n) is 18.6. The van der Waals surface area contributed by atoms with Crippen LogP contribution in [0.4, 0.5) is 20.7 Å². The molecule has 0 atom stereocenters. The van der Waals surface area contributed by atoms with Crippen LogP contribution in [0.2, 0.25) is 0 Å². The molecule has 1 amide bonds. The van der Waals surface area contributed by atoms with E-state index in [0.29, 0.717) is 84.2 Å². The van der Waals surface area contributed by atoms with Gasteiger partial charge in [0, 0.05) is 43.1 Å². The normalized spacial score (nSPS) is 18.8. The first-order chi connectivity index (χ1) is 25.8. The second-order valence-electron chi connectivity index (χ2n) is 15.5. The van der Waals surface area contributed by atoms with Gasteiger partial charge in [0.1, 0.15) is 16.9 Å². The number of aromatic nitrogens is 4. The van der Waals surface area contributed by atoms with Gasteiger partial charge in [-0.3, -0.25) is 4.57 Å². The number of hydrogen-bond donors (Lipinski definition) is 2. The lowest BCUT2D eigenvalue weighted by atomic mass is 9.72. The fourth-order valence-corrected chi connectivity index (χ4v) is 9.81. The summed E-state index contributed by atoms with van der Waals surface area (Å²) in [6.07, 6.45) is 5.70. The van der Waals surface area contributed by atoms with Gasteiger partial charge in [-0.1, -0.05) is 18.2 Å². The molecule has 0 radical (unpaired) electrons. The van der Waals surface area contributed by atoms with Crippen molar-refractivity contribution in [2.75, 3.05) is 36.0 Å². The zero-order valence-electron chi connectivity index (χ0n) is 30.8. The number of nitrogens with two attached hydrogens (primary N) is 1. The van der Waals surface area contributed by atoms with Gasteiger partial charge in [0.2, 0.25) is 10.0 Å². The van der Waals surface area contributed by atoms with Gasteiger partial charge in [-0.2, -0.15) is 4.31 Å². The predicted octanol–water partition coefficient (Wildman–Crippen LogP) is 6.78. The van der Waals surface area contributed by atoms with Gasteiger partial charge >= 0.3 is 6.09 Å². The molecule has 0 unspecified atom stereocenters.